The van der Waals surface area contributed by atoms with E-state index in [0.717, 1.165) is 42.6 Å². The van der Waals surface area contributed by atoms with Crippen LogP contribution in [0.3, 0.4) is 0 Å². The number of nitrogens with zero attached hydrogens (tertiary/aromatic N) is 3. The summed E-state index contributed by atoms with van der Waals surface area (Å²) in [6.07, 6.45) is 8.23. The van der Waals surface area contributed by atoms with E-state index in [0.29, 0.717) is 19.0 Å². The summed E-state index contributed by atoms with van der Waals surface area (Å²) >= 11 is 0. The molecule has 2 fully saturated rings. The van der Waals surface area contributed by atoms with Crippen LogP contribution < -0.4 is 5.32 Å². The lowest BCUT2D eigenvalue weighted by Gasteiger charge is -2.39. The average molecular weight is 529 g/mol. The topological polar surface area (TPSA) is 59.4 Å². The van der Waals surface area contributed by atoms with Crippen LogP contribution in [0.5, 0.6) is 0 Å². The van der Waals surface area contributed by atoms with Gasteiger partial charge in [-0.25, -0.2) is 13.9 Å². The van der Waals surface area contributed by atoms with E-state index < -0.39 is 0 Å². The lowest BCUT2D eigenvalue weighted by atomic mass is 9.68. The number of rotatable bonds is 5. The van der Waals surface area contributed by atoms with Crippen molar-refractivity contribution in [2.75, 3.05) is 13.1 Å². The van der Waals surface area contributed by atoms with E-state index in [9.17, 15) is 9.18 Å². The van der Waals surface area contributed by atoms with Crippen molar-refractivity contribution in [1.82, 2.24) is 20.0 Å². The maximum Gasteiger partial charge on any atom is 0.318 e. The van der Waals surface area contributed by atoms with Gasteiger partial charge < -0.3 is 15.0 Å². The average Bonchev–Trinajstić information content (AvgIpc) is 3.46. The van der Waals surface area contributed by atoms with Crippen molar-refractivity contribution in [1.29, 1.82) is 0 Å². The minimum absolute atomic E-state index is 0.00338. The molecule has 1 aromatic heterocycles. The first-order valence-corrected chi connectivity index (χ1v) is 14.1. The number of carbonyl (C=O) groups is 1. The van der Waals surface area contributed by atoms with Crippen LogP contribution >= 0.6 is 0 Å². The fourth-order valence-electron chi connectivity index (χ4n) is 6.93. The Morgan fingerprint density at radius 3 is 2.56 bits per heavy atom. The van der Waals surface area contributed by atoms with Gasteiger partial charge >= 0.3 is 6.03 Å². The molecule has 5 atom stereocenters. The molecule has 1 saturated heterocycles. The SMILES string of the molecule is CC1CN(C(=O)NC(C[C@H]2CCC3=Cc4c(cnn4-c4ccc(F)cc4)C[C@@]32C)c2ccccc2)CC(C)O1. The molecule has 1 saturated carbocycles. The van der Waals surface area contributed by atoms with Crippen LogP contribution in [0.4, 0.5) is 9.18 Å². The van der Waals surface area contributed by atoms with Crippen molar-refractivity contribution in [3.8, 4) is 5.69 Å². The highest BCUT2D eigenvalue weighted by Gasteiger charge is 2.46. The van der Waals surface area contributed by atoms with Crippen molar-refractivity contribution in [3.05, 3.63) is 89.0 Å². The van der Waals surface area contributed by atoms with Crippen molar-refractivity contribution in [3.63, 3.8) is 0 Å². The first-order valence-electron chi connectivity index (χ1n) is 14.1. The third kappa shape index (κ3) is 5.00. The summed E-state index contributed by atoms with van der Waals surface area (Å²) in [4.78, 5) is 15.3. The molecule has 6 nitrogen and oxygen atoms in total. The number of hydrogen-bond acceptors (Lipinski definition) is 3. The quantitative estimate of drug-likeness (QED) is 0.422. The number of benzene rings is 2. The Kier molecular flexibility index (Phi) is 6.79. The van der Waals surface area contributed by atoms with Gasteiger partial charge in [-0.1, -0.05) is 42.8 Å². The molecule has 3 aromatic rings. The van der Waals surface area contributed by atoms with Crippen LogP contribution in [0.25, 0.3) is 11.8 Å². The van der Waals surface area contributed by atoms with E-state index >= 15 is 0 Å². The summed E-state index contributed by atoms with van der Waals surface area (Å²) in [5.41, 5.74) is 5.77. The Morgan fingerprint density at radius 2 is 1.85 bits per heavy atom. The van der Waals surface area contributed by atoms with Gasteiger partial charge in [0.1, 0.15) is 5.82 Å². The van der Waals surface area contributed by atoms with Crippen molar-refractivity contribution < 1.29 is 13.9 Å². The molecular formula is C32H37FN4O2. The number of allylic oxidation sites excluding steroid dienone is 1. The molecular weight excluding hydrogens is 491 g/mol. The van der Waals surface area contributed by atoms with E-state index in [1.54, 1.807) is 12.1 Å². The highest BCUT2D eigenvalue weighted by atomic mass is 19.1. The maximum absolute atomic E-state index is 13.5. The minimum atomic E-state index is -0.248. The zero-order chi connectivity index (χ0) is 27.1. The second-order valence-electron chi connectivity index (χ2n) is 11.8. The molecule has 2 aromatic carbocycles. The summed E-state index contributed by atoms with van der Waals surface area (Å²) in [7, 11) is 0. The summed E-state index contributed by atoms with van der Waals surface area (Å²) < 4.78 is 21.3. The van der Waals surface area contributed by atoms with Gasteiger partial charge in [0.2, 0.25) is 0 Å². The minimum Gasteiger partial charge on any atom is -0.372 e. The van der Waals surface area contributed by atoms with Crippen LogP contribution in [0.15, 0.2) is 66.4 Å². The molecule has 3 aliphatic rings. The molecule has 3 unspecified atom stereocenters. The summed E-state index contributed by atoms with van der Waals surface area (Å²) in [5, 5.41) is 8.07. The van der Waals surface area contributed by atoms with Crippen molar-refractivity contribution in [2.45, 2.75) is 64.7 Å². The van der Waals surface area contributed by atoms with E-state index in [-0.39, 0.29) is 35.5 Å². The number of nitrogens with one attached hydrogen (secondary N) is 1. The highest BCUT2D eigenvalue weighted by molar-refractivity contribution is 5.75. The number of amides is 2. The number of carbonyl (C=O) groups excluding carboxylic acids is 1. The number of urea groups is 1. The third-order valence-electron chi connectivity index (χ3n) is 8.95. The monoisotopic (exact) mass is 528 g/mol. The molecule has 1 aliphatic heterocycles. The molecule has 204 valence electrons. The van der Waals surface area contributed by atoms with E-state index in [2.05, 4.69) is 35.5 Å². The zero-order valence-corrected chi connectivity index (χ0v) is 22.9. The summed E-state index contributed by atoms with van der Waals surface area (Å²) in [5.74, 6) is 0.168. The molecule has 1 N–H and O–H groups in total. The van der Waals surface area contributed by atoms with Crippen LogP contribution in [0, 0.1) is 17.2 Å². The summed E-state index contributed by atoms with van der Waals surface area (Å²) in [6.45, 7) is 7.63. The number of fused-ring (bicyclic) bond motifs is 2. The third-order valence-corrected chi connectivity index (χ3v) is 8.95. The highest BCUT2D eigenvalue weighted by Crippen LogP contribution is 2.55. The normalized spacial score (nSPS) is 26.9. The van der Waals surface area contributed by atoms with Gasteiger partial charge in [0.15, 0.2) is 0 Å². The van der Waals surface area contributed by atoms with Crippen LogP contribution in [0.2, 0.25) is 0 Å². The molecule has 7 heteroatoms. The first-order chi connectivity index (χ1) is 18.8. The second kappa shape index (κ2) is 10.3. The van der Waals surface area contributed by atoms with Crippen LogP contribution in [-0.2, 0) is 11.2 Å². The van der Waals surface area contributed by atoms with Gasteiger partial charge in [0, 0.05) is 13.1 Å². The second-order valence-corrected chi connectivity index (χ2v) is 11.8. The van der Waals surface area contributed by atoms with E-state index in [4.69, 9.17) is 4.74 Å². The molecule has 2 heterocycles. The Labute approximate surface area is 229 Å². The number of morpholine rings is 1. The Hall–Kier alpha value is -3.45. The number of halogens is 1. The largest absolute Gasteiger partial charge is 0.372 e. The molecule has 2 amide bonds. The van der Waals surface area contributed by atoms with Crippen molar-refractivity contribution >= 4 is 12.1 Å². The van der Waals surface area contributed by atoms with Crippen LogP contribution in [0.1, 0.15) is 62.9 Å². The van der Waals surface area contributed by atoms with Gasteiger partial charge in [-0.05, 0) is 92.3 Å². The number of hydrogen-bond donors (Lipinski definition) is 1. The molecule has 39 heavy (non-hydrogen) atoms. The number of ether oxygens (including phenoxy) is 1. The fourth-order valence-corrected chi connectivity index (χ4v) is 6.93. The van der Waals surface area contributed by atoms with Gasteiger partial charge in [-0.15, -0.1) is 0 Å². The van der Waals surface area contributed by atoms with Crippen molar-refractivity contribution in [2.24, 2.45) is 11.3 Å². The van der Waals surface area contributed by atoms with E-state index in [1.165, 1.54) is 23.3 Å². The zero-order valence-electron chi connectivity index (χ0n) is 22.9. The van der Waals surface area contributed by atoms with Gasteiger partial charge in [-0.3, -0.25) is 0 Å². The number of aromatic nitrogens is 2. The molecule has 0 bridgehead atoms. The predicted octanol–water partition coefficient (Wildman–Crippen LogP) is 6.32. The lowest BCUT2D eigenvalue weighted by molar-refractivity contribution is -0.0548. The first kappa shape index (κ1) is 25.8. The molecule has 0 spiro atoms. The maximum atomic E-state index is 13.5. The Balaban J connectivity index is 1.24. The van der Waals surface area contributed by atoms with Gasteiger partial charge in [0.25, 0.3) is 0 Å². The smallest absolute Gasteiger partial charge is 0.318 e. The van der Waals surface area contributed by atoms with Gasteiger partial charge in [0.05, 0.1) is 35.8 Å². The van der Waals surface area contributed by atoms with E-state index in [1.807, 2.05) is 47.8 Å². The standard InChI is InChI=1S/C32H37FN4O2/c1-21-19-36(20-22(2)39-21)31(38)35-29(23-7-5-4-6-8-23)15-25-9-10-26-16-30-24(17-32(25,26)3)18-34-37(30)28-13-11-27(33)12-14-28/h4-8,11-14,16,18,21-22,25,29H,9-10,15,17,19-20H2,1-3H3,(H,35,38)/t21?,22?,25-,29?,32-/m1/s1. The Morgan fingerprint density at radius 1 is 1.13 bits per heavy atom. The Bertz CT molecular complexity index is 1360. The fraction of sp³-hybridized carbons (Fsp3) is 0.438. The molecule has 2 aliphatic carbocycles. The lowest BCUT2D eigenvalue weighted by Crippen LogP contribution is -2.52. The molecule has 0 radical (unpaired) electrons. The predicted molar refractivity (Wildman–Crippen MR) is 150 cm³/mol. The van der Waals surface area contributed by atoms with Crippen LogP contribution in [-0.4, -0.2) is 46.0 Å². The van der Waals surface area contributed by atoms with Gasteiger partial charge in [-0.2, -0.15) is 5.10 Å². The molecule has 6 rings (SSSR count). The summed E-state index contributed by atoms with van der Waals surface area (Å²) in [6, 6.07) is 16.8.